The molecule has 2 N–H and O–H groups in total. The monoisotopic (exact) mass is 319 g/mol. The zero-order chi connectivity index (χ0) is 16.1. The van der Waals surface area contributed by atoms with Crippen molar-refractivity contribution in [1.29, 1.82) is 0 Å². The number of nitrogens with one attached hydrogen (secondary N) is 2. The Labute approximate surface area is 137 Å². The molecule has 1 atom stereocenters. The zero-order valence-electron chi connectivity index (χ0n) is 13.6. The maximum absolute atomic E-state index is 13.2. The quantitative estimate of drug-likeness (QED) is 0.896. The molecule has 0 aliphatic carbocycles. The van der Waals surface area contributed by atoms with Gasteiger partial charge < -0.3 is 15.5 Å². The number of amides is 1. The van der Waals surface area contributed by atoms with E-state index in [0.717, 1.165) is 51.5 Å². The predicted octanol–water partition coefficient (Wildman–Crippen LogP) is 2.48. The van der Waals surface area contributed by atoms with Crippen molar-refractivity contribution in [1.82, 2.24) is 10.2 Å². The highest BCUT2D eigenvalue weighted by atomic mass is 19.1. The van der Waals surface area contributed by atoms with Crippen LogP contribution in [0.25, 0.3) is 0 Å². The van der Waals surface area contributed by atoms with Gasteiger partial charge in [-0.25, -0.2) is 4.39 Å². The van der Waals surface area contributed by atoms with Gasteiger partial charge in [0.25, 0.3) is 0 Å². The number of rotatable bonds is 4. The highest BCUT2D eigenvalue weighted by Crippen LogP contribution is 2.22. The second-order valence-corrected chi connectivity index (χ2v) is 6.79. The molecule has 2 saturated heterocycles. The maximum atomic E-state index is 13.2. The number of piperidine rings is 2. The number of carbonyl (C=O) groups is 1. The number of anilines is 1. The fraction of sp³-hybridized carbons (Fsp3) is 0.611. The number of likely N-dealkylation sites (tertiary alicyclic amines) is 1. The molecule has 126 valence electrons. The molecule has 2 aliphatic rings. The Morgan fingerprint density at radius 2 is 2.13 bits per heavy atom. The van der Waals surface area contributed by atoms with Crippen LogP contribution in [0.3, 0.4) is 0 Å². The summed E-state index contributed by atoms with van der Waals surface area (Å²) in [5, 5.41) is 6.30. The van der Waals surface area contributed by atoms with E-state index in [1.807, 2.05) is 0 Å². The summed E-state index contributed by atoms with van der Waals surface area (Å²) in [6.07, 6.45) is 4.37. The van der Waals surface area contributed by atoms with Crippen LogP contribution in [-0.4, -0.2) is 43.5 Å². The lowest BCUT2D eigenvalue weighted by Crippen LogP contribution is -2.43. The summed E-state index contributed by atoms with van der Waals surface area (Å²) >= 11 is 0. The van der Waals surface area contributed by atoms with E-state index in [0.29, 0.717) is 5.69 Å². The van der Waals surface area contributed by atoms with E-state index in [1.54, 1.807) is 12.1 Å². The van der Waals surface area contributed by atoms with Crippen LogP contribution in [0, 0.1) is 17.7 Å². The maximum Gasteiger partial charge on any atom is 0.227 e. The minimum absolute atomic E-state index is 0.0228. The SMILES string of the molecule is O=C(Nc1cccc(F)c1)C1CCN(CC2CCCNC2)CC1. The molecular weight excluding hydrogens is 293 g/mol. The van der Waals surface area contributed by atoms with Crippen LogP contribution in [-0.2, 0) is 4.79 Å². The summed E-state index contributed by atoms with van der Waals surface area (Å²) in [4.78, 5) is 14.8. The van der Waals surface area contributed by atoms with Gasteiger partial charge >= 0.3 is 0 Å². The molecule has 4 nitrogen and oxygen atoms in total. The molecule has 0 aromatic heterocycles. The fourth-order valence-corrected chi connectivity index (χ4v) is 3.63. The molecule has 0 spiro atoms. The Balaban J connectivity index is 1.43. The molecule has 1 aromatic rings. The minimum Gasteiger partial charge on any atom is -0.326 e. The summed E-state index contributed by atoms with van der Waals surface area (Å²) in [6.45, 7) is 5.39. The molecule has 0 radical (unpaired) electrons. The van der Waals surface area contributed by atoms with E-state index in [-0.39, 0.29) is 17.6 Å². The van der Waals surface area contributed by atoms with Gasteiger partial charge in [-0.15, -0.1) is 0 Å². The van der Waals surface area contributed by atoms with Gasteiger partial charge in [-0.3, -0.25) is 4.79 Å². The lowest BCUT2D eigenvalue weighted by atomic mass is 9.93. The molecule has 0 saturated carbocycles. The van der Waals surface area contributed by atoms with Gasteiger partial charge in [-0.1, -0.05) is 6.07 Å². The van der Waals surface area contributed by atoms with Crippen molar-refractivity contribution in [3.8, 4) is 0 Å². The van der Waals surface area contributed by atoms with Crippen molar-refractivity contribution in [3.63, 3.8) is 0 Å². The van der Waals surface area contributed by atoms with Crippen LogP contribution in [0.4, 0.5) is 10.1 Å². The summed E-state index contributed by atoms with van der Waals surface area (Å²) in [5.74, 6) is 0.494. The van der Waals surface area contributed by atoms with E-state index in [4.69, 9.17) is 0 Å². The number of benzene rings is 1. The average molecular weight is 319 g/mol. The van der Waals surface area contributed by atoms with Gasteiger partial charge in [0.05, 0.1) is 0 Å². The van der Waals surface area contributed by atoms with Crippen molar-refractivity contribution in [3.05, 3.63) is 30.1 Å². The van der Waals surface area contributed by atoms with Crippen molar-refractivity contribution in [2.75, 3.05) is 38.0 Å². The van der Waals surface area contributed by atoms with E-state index < -0.39 is 0 Å². The Hall–Kier alpha value is -1.46. The summed E-state index contributed by atoms with van der Waals surface area (Å²) < 4.78 is 13.2. The number of halogens is 1. The number of hydrogen-bond acceptors (Lipinski definition) is 3. The van der Waals surface area contributed by atoms with Crippen LogP contribution < -0.4 is 10.6 Å². The van der Waals surface area contributed by atoms with Gasteiger partial charge in [-0.05, 0) is 76.0 Å². The second kappa shape index (κ2) is 7.88. The van der Waals surface area contributed by atoms with Crippen molar-refractivity contribution < 1.29 is 9.18 Å². The normalized spacial score (nSPS) is 23.6. The lowest BCUT2D eigenvalue weighted by molar-refractivity contribution is -0.121. The summed E-state index contributed by atoms with van der Waals surface area (Å²) in [5.41, 5.74) is 0.547. The molecule has 23 heavy (non-hydrogen) atoms. The van der Waals surface area contributed by atoms with Crippen molar-refractivity contribution >= 4 is 11.6 Å². The molecule has 2 heterocycles. The summed E-state index contributed by atoms with van der Waals surface area (Å²) in [6, 6.07) is 6.09. The molecule has 3 rings (SSSR count). The zero-order valence-corrected chi connectivity index (χ0v) is 13.6. The first kappa shape index (κ1) is 16.4. The van der Waals surface area contributed by atoms with Crippen LogP contribution in [0.1, 0.15) is 25.7 Å². The lowest BCUT2D eigenvalue weighted by Gasteiger charge is -2.35. The highest BCUT2D eigenvalue weighted by Gasteiger charge is 2.26. The third-order valence-corrected chi connectivity index (χ3v) is 4.97. The Bertz CT molecular complexity index is 523. The number of nitrogens with zero attached hydrogens (tertiary/aromatic N) is 1. The first-order chi connectivity index (χ1) is 11.2. The van der Waals surface area contributed by atoms with Gasteiger partial charge in [0, 0.05) is 18.2 Å². The van der Waals surface area contributed by atoms with Crippen molar-refractivity contribution in [2.45, 2.75) is 25.7 Å². The molecule has 2 aliphatic heterocycles. The van der Waals surface area contributed by atoms with Gasteiger partial charge in [-0.2, -0.15) is 0 Å². The van der Waals surface area contributed by atoms with E-state index in [1.165, 1.54) is 25.0 Å². The van der Waals surface area contributed by atoms with Crippen LogP contribution in [0.5, 0.6) is 0 Å². The van der Waals surface area contributed by atoms with Gasteiger partial charge in [0.2, 0.25) is 5.91 Å². The molecule has 1 unspecified atom stereocenters. The average Bonchev–Trinajstić information content (AvgIpc) is 2.56. The largest absolute Gasteiger partial charge is 0.326 e. The van der Waals surface area contributed by atoms with Gasteiger partial charge in [0.1, 0.15) is 5.82 Å². The van der Waals surface area contributed by atoms with Crippen LogP contribution in [0.15, 0.2) is 24.3 Å². The summed E-state index contributed by atoms with van der Waals surface area (Å²) in [7, 11) is 0. The van der Waals surface area contributed by atoms with Gasteiger partial charge in [0.15, 0.2) is 0 Å². The molecule has 1 aromatic carbocycles. The third-order valence-electron chi connectivity index (χ3n) is 4.97. The molecule has 5 heteroatoms. The number of hydrogen-bond donors (Lipinski definition) is 2. The predicted molar refractivity (Wildman–Crippen MR) is 89.8 cm³/mol. The first-order valence-corrected chi connectivity index (χ1v) is 8.70. The number of carbonyl (C=O) groups excluding carboxylic acids is 1. The van der Waals surface area contributed by atoms with Crippen LogP contribution in [0.2, 0.25) is 0 Å². The second-order valence-electron chi connectivity index (χ2n) is 6.79. The van der Waals surface area contributed by atoms with E-state index >= 15 is 0 Å². The fourth-order valence-electron chi connectivity index (χ4n) is 3.63. The Morgan fingerprint density at radius 3 is 2.83 bits per heavy atom. The molecular formula is C18H26FN3O. The Morgan fingerprint density at radius 1 is 1.30 bits per heavy atom. The first-order valence-electron chi connectivity index (χ1n) is 8.70. The topological polar surface area (TPSA) is 44.4 Å². The van der Waals surface area contributed by atoms with E-state index in [2.05, 4.69) is 15.5 Å². The minimum atomic E-state index is -0.321. The Kier molecular flexibility index (Phi) is 5.62. The van der Waals surface area contributed by atoms with Crippen LogP contribution >= 0.6 is 0 Å². The van der Waals surface area contributed by atoms with Crippen molar-refractivity contribution in [2.24, 2.45) is 11.8 Å². The van der Waals surface area contributed by atoms with E-state index in [9.17, 15) is 9.18 Å². The molecule has 2 fully saturated rings. The smallest absolute Gasteiger partial charge is 0.227 e. The highest BCUT2D eigenvalue weighted by molar-refractivity contribution is 5.92. The third kappa shape index (κ3) is 4.75. The standard InChI is InChI=1S/C18H26FN3O/c19-16-4-1-5-17(11-16)21-18(23)15-6-9-22(10-7-15)13-14-3-2-8-20-12-14/h1,4-5,11,14-15,20H,2-3,6-10,12-13H2,(H,21,23). The molecule has 0 bridgehead atoms. The molecule has 1 amide bonds.